The zero-order chi connectivity index (χ0) is 14.3. The summed E-state index contributed by atoms with van der Waals surface area (Å²) >= 11 is 10.6. The molecule has 0 aliphatic heterocycles. The molecule has 0 amide bonds. The zero-order valence-corrected chi connectivity index (χ0v) is 12.0. The first-order valence-corrected chi connectivity index (χ1v) is 6.51. The molecule has 0 spiro atoms. The molecule has 0 aliphatic carbocycles. The molecule has 1 N–H and O–H groups in total. The molecule has 0 saturated carbocycles. The Morgan fingerprint density at radius 2 is 1.42 bits per heavy atom. The maximum absolute atomic E-state index is 11.0. The summed E-state index contributed by atoms with van der Waals surface area (Å²) < 4.78 is 20.0. The molecule has 0 fully saturated rings. The molecule has 112 valence electrons. The van der Waals surface area contributed by atoms with E-state index in [0.29, 0.717) is 33.0 Å². The number of hydrogen-bond acceptors (Lipinski definition) is 6. The summed E-state index contributed by atoms with van der Waals surface area (Å²) in [6.07, 6.45) is 0. The van der Waals surface area contributed by atoms with E-state index in [0.717, 1.165) is 5.54 Å². The third-order valence-electron chi connectivity index (χ3n) is 1.73. The van der Waals surface area contributed by atoms with Crippen LogP contribution >= 0.6 is 23.2 Å². The number of aliphatic hydroxyl groups is 1. The molecule has 0 radical (unpaired) electrons. The van der Waals surface area contributed by atoms with Crippen molar-refractivity contribution < 1.29 is 28.8 Å². The van der Waals surface area contributed by atoms with E-state index >= 15 is 0 Å². The van der Waals surface area contributed by atoms with E-state index in [9.17, 15) is 4.79 Å². The van der Waals surface area contributed by atoms with Crippen LogP contribution in [-0.2, 0) is 23.7 Å². The molecule has 0 aromatic carbocycles. The Labute approximate surface area is 122 Å². The predicted molar refractivity (Wildman–Crippen MR) is 70.3 cm³/mol. The molecule has 19 heavy (non-hydrogen) atoms. The summed E-state index contributed by atoms with van der Waals surface area (Å²) in [6, 6.07) is 0. The molecule has 6 nitrogen and oxygen atoms in total. The largest absolute Gasteiger partial charge is 0.459 e. The fraction of sp³-hybridized carbons (Fsp3) is 0.727. The smallest absolute Gasteiger partial charge is 0.350 e. The minimum atomic E-state index is -0.683. The monoisotopic (exact) mass is 316 g/mol. The van der Waals surface area contributed by atoms with Crippen molar-refractivity contribution in [1.82, 2.24) is 0 Å². The number of rotatable bonds is 12. The Balaban J connectivity index is 3.17. The molecule has 0 rings (SSSR count). The average Bonchev–Trinajstić information content (AvgIpc) is 2.43. The SMILES string of the molecule is O=C(OCCOCCOCCOCCO)C(Cl)=CCl. The summed E-state index contributed by atoms with van der Waals surface area (Å²) in [7, 11) is 0. The lowest BCUT2D eigenvalue weighted by Gasteiger charge is -2.06. The standard InChI is InChI=1S/C11H18Cl2O6/c12-9-10(13)11(15)19-8-7-18-6-5-17-4-3-16-2-1-14/h9,14H,1-8H2. The van der Waals surface area contributed by atoms with Gasteiger partial charge in [0.05, 0.1) is 46.2 Å². The van der Waals surface area contributed by atoms with Crippen molar-refractivity contribution in [3.63, 3.8) is 0 Å². The van der Waals surface area contributed by atoms with Crippen molar-refractivity contribution in [2.75, 3.05) is 52.9 Å². The van der Waals surface area contributed by atoms with Gasteiger partial charge in [0.15, 0.2) is 0 Å². The lowest BCUT2D eigenvalue weighted by atomic mass is 10.6. The summed E-state index contributed by atoms with van der Waals surface area (Å²) in [4.78, 5) is 11.0. The zero-order valence-electron chi connectivity index (χ0n) is 10.5. The van der Waals surface area contributed by atoms with E-state index in [1.807, 2.05) is 0 Å². The van der Waals surface area contributed by atoms with Crippen molar-refractivity contribution in [3.8, 4) is 0 Å². The highest BCUT2D eigenvalue weighted by Gasteiger charge is 2.06. The van der Waals surface area contributed by atoms with E-state index in [-0.39, 0.29) is 24.9 Å². The van der Waals surface area contributed by atoms with Crippen molar-refractivity contribution in [2.45, 2.75) is 0 Å². The summed E-state index contributed by atoms with van der Waals surface area (Å²) in [5.74, 6) is -0.683. The fourth-order valence-corrected chi connectivity index (χ4v) is 1.06. The van der Waals surface area contributed by atoms with Gasteiger partial charge in [-0.3, -0.25) is 0 Å². The van der Waals surface area contributed by atoms with Crippen molar-refractivity contribution in [2.24, 2.45) is 0 Å². The Hall–Kier alpha value is -0.370. The third kappa shape index (κ3) is 12.4. The van der Waals surface area contributed by atoms with Crippen LogP contribution in [0.3, 0.4) is 0 Å². The topological polar surface area (TPSA) is 74.2 Å². The minimum absolute atomic E-state index is 0.00472. The molecule has 0 atom stereocenters. The maximum Gasteiger partial charge on any atom is 0.350 e. The molecule has 8 heteroatoms. The minimum Gasteiger partial charge on any atom is -0.459 e. The number of halogens is 2. The van der Waals surface area contributed by atoms with Gasteiger partial charge < -0.3 is 24.1 Å². The van der Waals surface area contributed by atoms with E-state index in [1.54, 1.807) is 0 Å². The van der Waals surface area contributed by atoms with Crippen LogP contribution in [0, 0.1) is 0 Å². The van der Waals surface area contributed by atoms with Gasteiger partial charge in [-0.25, -0.2) is 4.79 Å². The van der Waals surface area contributed by atoms with Crippen LogP contribution in [0.2, 0.25) is 0 Å². The van der Waals surface area contributed by atoms with Crippen LogP contribution in [0.25, 0.3) is 0 Å². The van der Waals surface area contributed by atoms with Crippen LogP contribution in [0.1, 0.15) is 0 Å². The molecule has 0 unspecified atom stereocenters. The van der Waals surface area contributed by atoms with Crippen molar-refractivity contribution in [1.29, 1.82) is 0 Å². The van der Waals surface area contributed by atoms with Crippen LogP contribution in [0.4, 0.5) is 0 Å². The number of hydrogen-bond donors (Lipinski definition) is 1. The summed E-state index contributed by atoms with van der Waals surface area (Å²) in [6.45, 7) is 2.34. The number of carbonyl (C=O) groups is 1. The molecule has 0 aromatic rings. The Morgan fingerprint density at radius 1 is 0.947 bits per heavy atom. The third-order valence-corrected chi connectivity index (χ3v) is 2.32. The first kappa shape index (κ1) is 18.6. The summed E-state index contributed by atoms with van der Waals surface area (Å²) in [5, 5.41) is 8.26. The van der Waals surface area contributed by atoms with Crippen LogP contribution in [0.5, 0.6) is 0 Å². The molecule has 0 aromatic heterocycles. The van der Waals surface area contributed by atoms with Gasteiger partial charge in [-0.1, -0.05) is 23.2 Å². The van der Waals surface area contributed by atoms with E-state index < -0.39 is 5.97 Å². The highest BCUT2D eigenvalue weighted by atomic mass is 35.5. The van der Waals surface area contributed by atoms with Gasteiger partial charge in [-0.2, -0.15) is 0 Å². The van der Waals surface area contributed by atoms with Crippen molar-refractivity contribution in [3.05, 3.63) is 10.6 Å². The molecule has 0 saturated heterocycles. The molecule has 0 aliphatic rings. The average molecular weight is 317 g/mol. The van der Waals surface area contributed by atoms with Gasteiger partial charge in [-0.15, -0.1) is 0 Å². The normalized spacial score (nSPS) is 11.6. The maximum atomic E-state index is 11.0. The van der Waals surface area contributed by atoms with Gasteiger partial charge in [-0.05, 0) is 0 Å². The number of ether oxygens (including phenoxy) is 4. The quantitative estimate of drug-likeness (QED) is 0.327. The van der Waals surface area contributed by atoms with Gasteiger partial charge in [0.25, 0.3) is 0 Å². The van der Waals surface area contributed by atoms with Crippen LogP contribution in [-0.4, -0.2) is 63.9 Å². The highest BCUT2D eigenvalue weighted by molar-refractivity contribution is 6.45. The Morgan fingerprint density at radius 3 is 1.89 bits per heavy atom. The van der Waals surface area contributed by atoms with Crippen molar-refractivity contribution >= 4 is 29.2 Å². The van der Waals surface area contributed by atoms with E-state index in [2.05, 4.69) is 0 Å². The van der Waals surface area contributed by atoms with E-state index in [1.165, 1.54) is 0 Å². The Kier molecular flexibility index (Phi) is 13.8. The molecule has 0 bridgehead atoms. The van der Waals surface area contributed by atoms with Crippen LogP contribution in [0.15, 0.2) is 10.6 Å². The lowest BCUT2D eigenvalue weighted by Crippen LogP contribution is -2.14. The fourth-order valence-electron chi connectivity index (χ4n) is 0.913. The Bertz CT molecular complexity index is 260. The number of carbonyl (C=O) groups excluding carboxylic acids is 1. The van der Waals surface area contributed by atoms with Crippen LogP contribution < -0.4 is 0 Å². The summed E-state index contributed by atoms with van der Waals surface area (Å²) in [5.41, 5.74) is 0.942. The lowest BCUT2D eigenvalue weighted by molar-refractivity contribution is -0.139. The first-order valence-electron chi connectivity index (χ1n) is 5.69. The molecular formula is C11H18Cl2O6. The van der Waals surface area contributed by atoms with Gasteiger partial charge in [0.1, 0.15) is 11.6 Å². The van der Waals surface area contributed by atoms with E-state index in [4.69, 9.17) is 47.3 Å². The second-order valence-corrected chi connectivity index (χ2v) is 3.78. The van der Waals surface area contributed by atoms with Gasteiger partial charge >= 0.3 is 5.97 Å². The number of esters is 1. The first-order chi connectivity index (χ1) is 9.22. The second kappa shape index (κ2) is 14.0. The second-order valence-electron chi connectivity index (χ2n) is 3.15. The van der Waals surface area contributed by atoms with Gasteiger partial charge in [0.2, 0.25) is 0 Å². The molecule has 0 heterocycles. The van der Waals surface area contributed by atoms with Gasteiger partial charge in [0, 0.05) is 5.54 Å². The predicted octanol–water partition coefficient (Wildman–Crippen LogP) is 0.891. The molecular weight excluding hydrogens is 299 g/mol. The number of aliphatic hydroxyl groups excluding tert-OH is 1. The highest BCUT2D eigenvalue weighted by Crippen LogP contribution is 2.04.